The largest absolute Gasteiger partial charge is 0.476 e. The number of hydrogen-bond acceptors (Lipinski definition) is 6. The third kappa shape index (κ3) is 3.51. The van der Waals surface area contributed by atoms with E-state index in [0.29, 0.717) is 23.7 Å². The number of anilines is 1. The van der Waals surface area contributed by atoms with Gasteiger partial charge in [0.25, 0.3) is 5.91 Å². The zero-order chi connectivity index (χ0) is 14.5. The molecule has 0 fully saturated rings. The molecule has 104 valence electrons. The maximum atomic E-state index is 11.7. The number of nitrogens with two attached hydrogens (primary N) is 1. The van der Waals surface area contributed by atoms with Crippen molar-refractivity contribution in [3.05, 3.63) is 40.1 Å². The normalized spacial score (nSPS) is 10.2. The second kappa shape index (κ2) is 6.11. The Labute approximate surface area is 118 Å². The molecule has 0 aliphatic heterocycles. The van der Waals surface area contributed by atoms with Gasteiger partial charge in [-0.1, -0.05) is 0 Å². The molecule has 0 aliphatic rings. The molecule has 0 unspecified atom stereocenters. The molecule has 0 atom stereocenters. The lowest BCUT2D eigenvalue weighted by molar-refractivity contribution is 0.0690. The van der Waals surface area contributed by atoms with Gasteiger partial charge in [-0.3, -0.25) is 4.79 Å². The van der Waals surface area contributed by atoms with Crippen molar-refractivity contribution in [1.29, 1.82) is 0 Å². The lowest BCUT2D eigenvalue weighted by Crippen LogP contribution is -2.26. The van der Waals surface area contributed by atoms with Crippen LogP contribution < -0.4 is 11.1 Å². The number of rotatable bonds is 5. The van der Waals surface area contributed by atoms with Gasteiger partial charge in [0, 0.05) is 18.3 Å². The Hall–Kier alpha value is -2.48. The number of nitrogens with zero attached hydrogens (tertiary/aromatic N) is 2. The monoisotopic (exact) mass is 292 g/mol. The van der Waals surface area contributed by atoms with Gasteiger partial charge in [-0.15, -0.1) is 11.3 Å². The summed E-state index contributed by atoms with van der Waals surface area (Å²) in [6.45, 7) is 0.359. The number of carboxylic acids is 1. The molecule has 8 heteroatoms. The van der Waals surface area contributed by atoms with E-state index in [4.69, 9.17) is 10.8 Å². The van der Waals surface area contributed by atoms with E-state index in [1.54, 1.807) is 6.07 Å². The molecule has 0 saturated carbocycles. The Kier molecular flexibility index (Phi) is 4.26. The summed E-state index contributed by atoms with van der Waals surface area (Å²) < 4.78 is 0. The van der Waals surface area contributed by atoms with Crippen LogP contribution in [0.1, 0.15) is 26.0 Å². The van der Waals surface area contributed by atoms with Gasteiger partial charge in [0.05, 0.1) is 16.9 Å². The number of carboxylic acid groups (broad SMARTS) is 1. The number of aromatic nitrogens is 2. The minimum Gasteiger partial charge on any atom is -0.476 e. The van der Waals surface area contributed by atoms with E-state index in [-0.39, 0.29) is 17.3 Å². The summed E-state index contributed by atoms with van der Waals surface area (Å²) in [5.74, 6) is -1.36. The van der Waals surface area contributed by atoms with Crippen molar-refractivity contribution in [2.75, 3.05) is 12.3 Å². The molecule has 0 spiro atoms. The minimum absolute atomic E-state index is 0.0246. The van der Waals surface area contributed by atoms with E-state index < -0.39 is 5.97 Å². The Morgan fingerprint density at radius 2 is 2.15 bits per heavy atom. The van der Waals surface area contributed by atoms with Crippen molar-refractivity contribution in [1.82, 2.24) is 15.3 Å². The summed E-state index contributed by atoms with van der Waals surface area (Å²) in [6, 6.07) is 3.14. The van der Waals surface area contributed by atoms with Crippen LogP contribution in [0.25, 0.3) is 0 Å². The molecular formula is C12H12N4O3S. The quantitative estimate of drug-likeness (QED) is 0.749. The summed E-state index contributed by atoms with van der Waals surface area (Å²) in [4.78, 5) is 30.2. The Balaban J connectivity index is 1.84. The second-order valence-corrected chi connectivity index (χ2v) is 4.86. The number of carbonyl (C=O) groups excluding carboxylic acids is 1. The maximum Gasteiger partial charge on any atom is 0.355 e. The first kappa shape index (κ1) is 13.9. The number of thiazole rings is 1. The third-order valence-electron chi connectivity index (χ3n) is 2.41. The predicted molar refractivity (Wildman–Crippen MR) is 73.8 cm³/mol. The number of aromatic carboxylic acids is 1. The first-order chi connectivity index (χ1) is 9.56. The molecule has 1 amide bonds. The van der Waals surface area contributed by atoms with Crippen molar-refractivity contribution in [2.45, 2.75) is 6.42 Å². The summed E-state index contributed by atoms with van der Waals surface area (Å²) >= 11 is 1.25. The van der Waals surface area contributed by atoms with Crippen LogP contribution in [0, 0.1) is 0 Å². The zero-order valence-corrected chi connectivity index (χ0v) is 11.2. The smallest absolute Gasteiger partial charge is 0.355 e. The maximum absolute atomic E-state index is 11.7. The van der Waals surface area contributed by atoms with E-state index in [1.165, 1.54) is 29.0 Å². The van der Waals surface area contributed by atoms with E-state index in [1.807, 2.05) is 0 Å². The average molecular weight is 292 g/mol. The Morgan fingerprint density at radius 1 is 1.35 bits per heavy atom. The highest BCUT2D eigenvalue weighted by Gasteiger charge is 2.10. The number of nitrogen functional groups attached to an aromatic ring is 1. The number of carbonyl (C=O) groups is 2. The van der Waals surface area contributed by atoms with Gasteiger partial charge in [0.2, 0.25) is 0 Å². The van der Waals surface area contributed by atoms with Crippen molar-refractivity contribution in [3.8, 4) is 0 Å². The van der Waals surface area contributed by atoms with Crippen LogP contribution in [-0.2, 0) is 6.42 Å². The molecule has 2 rings (SSSR count). The second-order valence-electron chi connectivity index (χ2n) is 3.91. The van der Waals surface area contributed by atoms with Crippen molar-refractivity contribution >= 4 is 28.9 Å². The average Bonchev–Trinajstić information content (AvgIpc) is 2.88. The Morgan fingerprint density at radius 3 is 2.75 bits per heavy atom. The van der Waals surface area contributed by atoms with Gasteiger partial charge in [-0.05, 0) is 12.1 Å². The molecule has 2 aromatic rings. The molecule has 2 aromatic heterocycles. The summed E-state index contributed by atoms with van der Waals surface area (Å²) in [7, 11) is 0. The number of hydrogen-bond donors (Lipinski definition) is 3. The molecule has 0 saturated heterocycles. The highest BCUT2D eigenvalue weighted by atomic mass is 32.1. The van der Waals surface area contributed by atoms with Crippen LogP contribution in [-0.4, -0.2) is 33.5 Å². The van der Waals surface area contributed by atoms with Crippen molar-refractivity contribution < 1.29 is 14.7 Å². The van der Waals surface area contributed by atoms with Crippen molar-refractivity contribution in [3.63, 3.8) is 0 Å². The van der Waals surface area contributed by atoms with E-state index >= 15 is 0 Å². The Bertz CT molecular complexity index is 624. The molecule has 2 heterocycles. The highest BCUT2D eigenvalue weighted by molar-refractivity contribution is 7.09. The van der Waals surface area contributed by atoms with Gasteiger partial charge >= 0.3 is 5.97 Å². The lowest BCUT2D eigenvalue weighted by Gasteiger charge is -2.03. The fraction of sp³-hybridized carbons (Fsp3) is 0.167. The van der Waals surface area contributed by atoms with E-state index in [2.05, 4.69) is 15.3 Å². The van der Waals surface area contributed by atoms with Crippen LogP contribution in [0.15, 0.2) is 23.7 Å². The summed E-state index contributed by atoms with van der Waals surface area (Å²) in [5, 5.41) is 13.6. The number of pyridine rings is 1. The van der Waals surface area contributed by atoms with Gasteiger partial charge in [0.1, 0.15) is 5.69 Å². The molecular weight excluding hydrogens is 280 g/mol. The standard InChI is InChI=1S/C12H12N4O3S/c13-7-1-2-8(15-5-7)11(17)14-4-3-10-16-9(6-20-10)12(18)19/h1-2,5-6H,3-4,13H2,(H,14,17)(H,18,19). The lowest BCUT2D eigenvalue weighted by atomic mass is 10.3. The van der Waals surface area contributed by atoms with Crippen LogP contribution in [0.3, 0.4) is 0 Å². The molecule has 0 aromatic carbocycles. The topological polar surface area (TPSA) is 118 Å². The molecule has 0 radical (unpaired) electrons. The highest BCUT2D eigenvalue weighted by Crippen LogP contribution is 2.10. The molecule has 0 bridgehead atoms. The van der Waals surface area contributed by atoms with Gasteiger partial charge in [-0.2, -0.15) is 0 Å². The number of amides is 1. The fourth-order valence-corrected chi connectivity index (χ4v) is 2.21. The van der Waals surface area contributed by atoms with Crippen LogP contribution in [0.2, 0.25) is 0 Å². The SMILES string of the molecule is Nc1ccc(C(=O)NCCc2nc(C(=O)O)cs2)nc1. The van der Waals surface area contributed by atoms with Crippen LogP contribution in [0.5, 0.6) is 0 Å². The predicted octanol–water partition coefficient (Wildman–Crippen LogP) is 0.791. The summed E-state index contributed by atoms with van der Waals surface area (Å²) in [5.41, 5.74) is 6.28. The third-order valence-corrected chi connectivity index (χ3v) is 3.32. The first-order valence-corrected chi connectivity index (χ1v) is 6.61. The van der Waals surface area contributed by atoms with E-state index in [9.17, 15) is 9.59 Å². The van der Waals surface area contributed by atoms with Gasteiger partial charge < -0.3 is 16.2 Å². The molecule has 0 aliphatic carbocycles. The first-order valence-electron chi connectivity index (χ1n) is 5.73. The summed E-state index contributed by atoms with van der Waals surface area (Å²) in [6.07, 6.45) is 1.88. The molecule has 4 N–H and O–H groups in total. The minimum atomic E-state index is -1.05. The number of nitrogens with one attached hydrogen (secondary N) is 1. The van der Waals surface area contributed by atoms with Crippen LogP contribution >= 0.6 is 11.3 Å². The van der Waals surface area contributed by atoms with Crippen molar-refractivity contribution in [2.24, 2.45) is 0 Å². The fourth-order valence-electron chi connectivity index (χ4n) is 1.44. The zero-order valence-electron chi connectivity index (χ0n) is 10.4. The van der Waals surface area contributed by atoms with Gasteiger partial charge in [-0.25, -0.2) is 14.8 Å². The van der Waals surface area contributed by atoms with E-state index in [0.717, 1.165) is 0 Å². The van der Waals surface area contributed by atoms with Gasteiger partial charge in [0.15, 0.2) is 5.69 Å². The molecule has 20 heavy (non-hydrogen) atoms. The van der Waals surface area contributed by atoms with Crippen LogP contribution in [0.4, 0.5) is 5.69 Å². The molecule has 7 nitrogen and oxygen atoms in total.